The molecule has 0 heterocycles. The number of phenolic OH excluding ortho intramolecular Hbond substituents is 1. The van der Waals surface area contributed by atoms with E-state index < -0.39 is 21.6 Å². The Hall–Kier alpha value is -1.81. The number of anilines is 1. The molecule has 0 radical (unpaired) electrons. The zero-order chi connectivity index (χ0) is 11.5. The number of hydrogen-bond acceptors (Lipinski definition) is 4. The van der Waals surface area contributed by atoms with Crippen molar-refractivity contribution >= 4 is 15.7 Å². The monoisotopic (exact) mass is 230 g/mol. The molecular weight excluding hydrogens is 223 g/mol. The largest absolute Gasteiger partial charge is 0.508 e. The van der Waals surface area contributed by atoms with Gasteiger partial charge in [-0.15, -0.1) is 0 Å². The van der Waals surface area contributed by atoms with E-state index in [1.807, 2.05) is 4.72 Å². The first kappa shape index (κ1) is 11.3. The van der Waals surface area contributed by atoms with E-state index in [0.717, 1.165) is 18.2 Å². The number of nitrogens with zero attached hydrogens (tertiary/aromatic N) is 1. The first-order chi connectivity index (χ1) is 6.94. The van der Waals surface area contributed by atoms with E-state index >= 15 is 0 Å². The van der Waals surface area contributed by atoms with Crippen molar-refractivity contribution in [3.63, 3.8) is 0 Å². The fourth-order valence-electron chi connectivity index (χ4n) is 0.875. The van der Waals surface area contributed by atoms with E-state index in [1.54, 1.807) is 0 Å². The molecule has 0 aliphatic rings. The Morgan fingerprint density at radius 3 is 2.73 bits per heavy atom. The molecule has 0 unspecified atom stereocenters. The van der Waals surface area contributed by atoms with Gasteiger partial charge in [0, 0.05) is 6.07 Å². The Kier molecular flexibility index (Phi) is 3.11. The van der Waals surface area contributed by atoms with E-state index in [1.165, 1.54) is 6.07 Å². The van der Waals surface area contributed by atoms with Crippen LogP contribution in [-0.2, 0) is 10.0 Å². The maximum Gasteiger partial charge on any atom is 0.246 e. The van der Waals surface area contributed by atoms with Crippen LogP contribution in [0, 0.1) is 17.1 Å². The smallest absolute Gasteiger partial charge is 0.246 e. The third kappa shape index (κ3) is 3.11. The molecule has 0 aliphatic carbocycles. The number of hydrogen-bond donors (Lipinski definition) is 2. The van der Waals surface area contributed by atoms with Gasteiger partial charge in [-0.3, -0.25) is 4.72 Å². The van der Waals surface area contributed by atoms with Gasteiger partial charge in [0.2, 0.25) is 10.0 Å². The molecule has 0 fully saturated rings. The van der Waals surface area contributed by atoms with Crippen LogP contribution in [0.1, 0.15) is 0 Å². The number of phenols is 1. The minimum absolute atomic E-state index is 0.303. The van der Waals surface area contributed by atoms with Crippen molar-refractivity contribution in [2.45, 2.75) is 0 Å². The Morgan fingerprint density at radius 2 is 2.20 bits per heavy atom. The molecule has 2 N–H and O–H groups in total. The molecule has 5 nitrogen and oxygen atoms in total. The maximum atomic E-state index is 13.1. The second kappa shape index (κ2) is 4.14. The molecule has 1 aromatic rings. The summed E-state index contributed by atoms with van der Waals surface area (Å²) < 4.78 is 37.1. The summed E-state index contributed by atoms with van der Waals surface area (Å²) in [5, 5.41) is 17.1. The van der Waals surface area contributed by atoms with Crippen LogP contribution in [0.2, 0.25) is 0 Å². The van der Waals surface area contributed by atoms with E-state index in [9.17, 15) is 12.8 Å². The van der Waals surface area contributed by atoms with Gasteiger partial charge in [-0.2, -0.15) is 5.26 Å². The first-order valence-corrected chi connectivity index (χ1v) is 5.46. The van der Waals surface area contributed by atoms with E-state index in [2.05, 4.69) is 0 Å². The maximum absolute atomic E-state index is 13.1. The number of halogens is 1. The van der Waals surface area contributed by atoms with Gasteiger partial charge in [0.15, 0.2) is 11.6 Å². The molecule has 1 rings (SSSR count). The van der Waals surface area contributed by atoms with Gasteiger partial charge in [0.05, 0.1) is 11.8 Å². The molecular formula is C8H7FN2O3S. The lowest BCUT2D eigenvalue weighted by atomic mass is 10.3. The minimum atomic E-state index is -3.85. The lowest BCUT2D eigenvalue weighted by Crippen LogP contribution is -2.16. The standard InChI is InChI=1S/C8H7FN2O3S/c9-7-5-6(12)1-2-8(7)11-15(13,14)4-3-10/h1-2,5,11-12H,4H2. The molecule has 80 valence electrons. The number of nitriles is 1. The highest BCUT2D eigenvalue weighted by Crippen LogP contribution is 2.20. The number of rotatable bonds is 3. The Labute approximate surface area is 85.8 Å². The predicted octanol–water partition coefficient (Wildman–Crippen LogP) is 0.797. The summed E-state index contributed by atoms with van der Waals surface area (Å²) in [6.45, 7) is 0. The molecule has 0 spiro atoms. The van der Waals surface area contributed by atoms with Crippen LogP contribution in [-0.4, -0.2) is 19.3 Å². The molecule has 0 aliphatic heterocycles. The van der Waals surface area contributed by atoms with Crippen molar-refractivity contribution in [2.24, 2.45) is 0 Å². The van der Waals surface area contributed by atoms with Crippen molar-refractivity contribution in [3.8, 4) is 11.8 Å². The normalized spacial score (nSPS) is 10.7. The summed E-state index contributed by atoms with van der Waals surface area (Å²) in [6, 6.07) is 4.41. The summed E-state index contributed by atoms with van der Waals surface area (Å²) >= 11 is 0. The van der Waals surface area contributed by atoms with Crippen LogP contribution >= 0.6 is 0 Å². The van der Waals surface area contributed by atoms with E-state index in [-0.39, 0.29) is 11.4 Å². The van der Waals surface area contributed by atoms with Crippen molar-refractivity contribution in [1.82, 2.24) is 0 Å². The molecule has 0 atom stereocenters. The zero-order valence-electron chi connectivity index (χ0n) is 7.44. The summed E-state index contributed by atoms with van der Waals surface area (Å²) in [4.78, 5) is 0. The molecule has 15 heavy (non-hydrogen) atoms. The van der Waals surface area contributed by atoms with Crippen LogP contribution in [0.25, 0.3) is 0 Å². The molecule has 7 heteroatoms. The summed E-state index contributed by atoms with van der Waals surface area (Å²) in [5.74, 6) is -1.97. The number of sulfonamides is 1. The van der Waals surface area contributed by atoms with E-state index in [4.69, 9.17) is 10.4 Å². The highest BCUT2D eigenvalue weighted by molar-refractivity contribution is 7.92. The lowest BCUT2D eigenvalue weighted by molar-refractivity contribution is 0.469. The second-order valence-electron chi connectivity index (χ2n) is 2.68. The van der Waals surface area contributed by atoms with Gasteiger partial charge in [0.25, 0.3) is 0 Å². The van der Waals surface area contributed by atoms with Crippen LogP contribution < -0.4 is 4.72 Å². The fraction of sp³-hybridized carbons (Fsp3) is 0.125. The van der Waals surface area contributed by atoms with E-state index in [0.29, 0.717) is 0 Å². The Bertz CT molecular complexity index is 507. The molecule has 0 amide bonds. The first-order valence-electron chi connectivity index (χ1n) is 3.80. The van der Waals surface area contributed by atoms with Gasteiger partial charge >= 0.3 is 0 Å². The van der Waals surface area contributed by atoms with Gasteiger partial charge < -0.3 is 5.11 Å². The van der Waals surface area contributed by atoms with Crippen LogP contribution in [0.5, 0.6) is 5.75 Å². The zero-order valence-corrected chi connectivity index (χ0v) is 8.25. The number of aromatic hydroxyl groups is 1. The number of nitrogens with one attached hydrogen (secondary N) is 1. The average Bonchev–Trinajstić information content (AvgIpc) is 2.09. The van der Waals surface area contributed by atoms with Crippen molar-refractivity contribution in [2.75, 3.05) is 10.5 Å². The van der Waals surface area contributed by atoms with Crippen molar-refractivity contribution < 1.29 is 17.9 Å². The predicted molar refractivity (Wildman–Crippen MR) is 51.1 cm³/mol. The summed E-state index contributed by atoms with van der Waals surface area (Å²) in [6.07, 6.45) is 0. The Morgan fingerprint density at radius 1 is 1.53 bits per heavy atom. The van der Waals surface area contributed by atoms with Crippen LogP contribution in [0.3, 0.4) is 0 Å². The summed E-state index contributed by atoms with van der Waals surface area (Å²) in [7, 11) is -3.85. The number of benzene rings is 1. The molecule has 0 saturated heterocycles. The molecule has 1 aromatic carbocycles. The topological polar surface area (TPSA) is 90.2 Å². The quantitative estimate of drug-likeness (QED) is 0.751. The SMILES string of the molecule is N#CCS(=O)(=O)Nc1ccc(O)cc1F. The minimum Gasteiger partial charge on any atom is -0.508 e. The van der Waals surface area contributed by atoms with Gasteiger partial charge in [-0.05, 0) is 12.1 Å². The van der Waals surface area contributed by atoms with Gasteiger partial charge in [-0.25, -0.2) is 12.8 Å². The average molecular weight is 230 g/mol. The van der Waals surface area contributed by atoms with Gasteiger partial charge in [0.1, 0.15) is 5.75 Å². The molecule has 0 saturated carbocycles. The second-order valence-corrected chi connectivity index (χ2v) is 4.41. The van der Waals surface area contributed by atoms with Crippen molar-refractivity contribution in [1.29, 1.82) is 5.26 Å². The van der Waals surface area contributed by atoms with Crippen LogP contribution in [0.15, 0.2) is 18.2 Å². The molecule has 0 aromatic heterocycles. The third-order valence-corrected chi connectivity index (χ3v) is 2.51. The fourth-order valence-corrected chi connectivity index (χ4v) is 1.62. The highest BCUT2D eigenvalue weighted by atomic mass is 32.2. The van der Waals surface area contributed by atoms with Crippen LogP contribution in [0.4, 0.5) is 10.1 Å². The highest BCUT2D eigenvalue weighted by Gasteiger charge is 2.12. The van der Waals surface area contributed by atoms with Crippen molar-refractivity contribution in [3.05, 3.63) is 24.0 Å². The summed E-state index contributed by atoms with van der Waals surface area (Å²) in [5.41, 5.74) is -0.303. The Balaban J connectivity index is 2.96. The lowest BCUT2D eigenvalue weighted by Gasteiger charge is -2.05. The third-order valence-electron chi connectivity index (χ3n) is 1.47. The van der Waals surface area contributed by atoms with Gasteiger partial charge in [-0.1, -0.05) is 0 Å². The molecule has 0 bridgehead atoms.